The number of ether oxygens (including phenoxy) is 3. The Bertz CT molecular complexity index is 1180. The average molecular weight is 511 g/mol. The zero-order valence-electron chi connectivity index (χ0n) is 21.3. The number of carbonyl (C=O) groups excluding carboxylic acids is 3. The van der Waals surface area contributed by atoms with Crippen molar-refractivity contribution in [2.75, 3.05) is 0 Å². The monoisotopic (exact) mass is 510 g/mol. The van der Waals surface area contributed by atoms with Gasteiger partial charge in [0.25, 0.3) is 0 Å². The van der Waals surface area contributed by atoms with Crippen molar-refractivity contribution in [1.29, 1.82) is 0 Å². The van der Waals surface area contributed by atoms with Crippen LogP contribution >= 0.6 is 11.3 Å². The van der Waals surface area contributed by atoms with Gasteiger partial charge in [0.05, 0.1) is 0 Å². The van der Waals surface area contributed by atoms with Gasteiger partial charge in [-0.15, -0.1) is 11.3 Å². The smallest absolute Gasteiger partial charge is 0.311 e. The van der Waals surface area contributed by atoms with Crippen LogP contribution in [-0.4, -0.2) is 17.9 Å². The van der Waals surface area contributed by atoms with E-state index in [1.807, 2.05) is 39.0 Å². The first-order chi connectivity index (χ1) is 17.4. The van der Waals surface area contributed by atoms with E-state index >= 15 is 0 Å². The largest absolute Gasteiger partial charge is 0.427 e. The number of carbonyl (C=O) groups is 3. The predicted octanol–water partition coefficient (Wildman–Crippen LogP) is 7.86. The molecule has 0 unspecified atom stereocenters. The fraction of sp³-hybridized carbons (Fsp3) is 0.414. The molecule has 0 radical (unpaired) electrons. The molecule has 0 spiro atoms. The van der Waals surface area contributed by atoms with E-state index in [0.717, 1.165) is 59.1 Å². The highest BCUT2D eigenvalue weighted by Gasteiger charge is 2.16. The van der Waals surface area contributed by atoms with Crippen LogP contribution in [0, 0.1) is 0 Å². The molecule has 0 saturated carbocycles. The SMILES string of the molecule is CCCCC(=O)Oc1ccc(-c2cc3c(OC(=O)CCCC)cc(OC(=O)CCCC)cc3s2)cc1. The van der Waals surface area contributed by atoms with Gasteiger partial charge in [0, 0.05) is 40.3 Å². The zero-order chi connectivity index (χ0) is 25.9. The van der Waals surface area contributed by atoms with Crippen LogP contribution in [0.1, 0.15) is 78.6 Å². The topological polar surface area (TPSA) is 78.9 Å². The first-order valence-corrected chi connectivity index (χ1v) is 13.5. The number of fused-ring (bicyclic) bond motifs is 1. The van der Waals surface area contributed by atoms with Gasteiger partial charge < -0.3 is 14.2 Å². The Balaban J connectivity index is 1.87. The van der Waals surface area contributed by atoms with E-state index in [-0.39, 0.29) is 17.9 Å². The third kappa shape index (κ3) is 7.92. The molecule has 36 heavy (non-hydrogen) atoms. The van der Waals surface area contributed by atoms with Crippen molar-refractivity contribution in [2.45, 2.75) is 78.6 Å². The first kappa shape index (κ1) is 27.4. The molecule has 3 rings (SSSR count). The summed E-state index contributed by atoms with van der Waals surface area (Å²) in [6, 6.07) is 12.7. The summed E-state index contributed by atoms with van der Waals surface area (Å²) in [7, 11) is 0. The summed E-state index contributed by atoms with van der Waals surface area (Å²) in [5.41, 5.74) is 0.939. The second-order valence-electron chi connectivity index (χ2n) is 8.70. The molecule has 3 aromatic rings. The highest BCUT2D eigenvalue weighted by atomic mass is 32.1. The van der Waals surface area contributed by atoms with Gasteiger partial charge in [-0.05, 0) is 61.2 Å². The van der Waals surface area contributed by atoms with Gasteiger partial charge >= 0.3 is 17.9 Å². The Labute approximate surface area is 216 Å². The number of hydrogen-bond acceptors (Lipinski definition) is 7. The Hall–Kier alpha value is -3.19. The zero-order valence-corrected chi connectivity index (χ0v) is 22.1. The Morgan fingerprint density at radius 3 is 1.75 bits per heavy atom. The Kier molecular flexibility index (Phi) is 10.5. The molecule has 0 bridgehead atoms. The maximum atomic E-state index is 12.4. The summed E-state index contributed by atoms with van der Waals surface area (Å²) in [4.78, 5) is 37.5. The highest BCUT2D eigenvalue weighted by molar-refractivity contribution is 7.22. The maximum Gasteiger partial charge on any atom is 0.311 e. The van der Waals surface area contributed by atoms with Crippen molar-refractivity contribution in [3.8, 4) is 27.7 Å². The fourth-order valence-electron chi connectivity index (χ4n) is 3.56. The van der Waals surface area contributed by atoms with Crippen LogP contribution < -0.4 is 14.2 Å². The Morgan fingerprint density at radius 2 is 1.19 bits per heavy atom. The number of hydrogen-bond donors (Lipinski definition) is 0. The van der Waals surface area contributed by atoms with Crippen molar-refractivity contribution >= 4 is 39.3 Å². The van der Waals surface area contributed by atoms with Gasteiger partial charge in [-0.2, -0.15) is 0 Å². The second kappa shape index (κ2) is 13.8. The van der Waals surface area contributed by atoms with E-state index in [1.54, 1.807) is 24.3 Å². The van der Waals surface area contributed by atoms with E-state index in [2.05, 4.69) is 0 Å². The van der Waals surface area contributed by atoms with E-state index in [4.69, 9.17) is 14.2 Å². The number of benzene rings is 2. The molecular weight excluding hydrogens is 476 g/mol. The van der Waals surface area contributed by atoms with Gasteiger partial charge in [0.15, 0.2) is 0 Å². The normalized spacial score (nSPS) is 10.9. The molecule has 0 atom stereocenters. The molecule has 0 aliphatic carbocycles. The number of esters is 3. The minimum absolute atomic E-state index is 0.234. The van der Waals surface area contributed by atoms with E-state index in [9.17, 15) is 14.4 Å². The summed E-state index contributed by atoms with van der Waals surface area (Å²) in [5, 5.41) is 0.781. The van der Waals surface area contributed by atoms with Crippen LogP contribution in [-0.2, 0) is 14.4 Å². The third-order valence-corrected chi connectivity index (χ3v) is 6.73. The minimum Gasteiger partial charge on any atom is -0.427 e. The van der Waals surface area contributed by atoms with Crippen LogP contribution in [0.25, 0.3) is 20.5 Å². The minimum atomic E-state index is -0.311. The standard InChI is InChI=1S/C29H34O6S/c1-4-7-10-27(30)33-21-15-13-20(14-16-21)25-19-23-24(35-29(32)12-9-6-3)17-22(18-26(23)36-25)34-28(31)11-8-5-2/h13-19H,4-12H2,1-3H3. The number of rotatable bonds is 13. The Morgan fingerprint density at radius 1 is 0.667 bits per heavy atom. The molecule has 0 fully saturated rings. The molecule has 2 aromatic carbocycles. The average Bonchev–Trinajstić information content (AvgIpc) is 3.30. The van der Waals surface area contributed by atoms with Crippen LogP contribution in [0.3, 0.4) is 0 Å². The van der Waals surface area contributed by atoms with Gasteiger partial charge in [-0.1, -0.05) is 40.0 Å². The third-order valence-electron chi connectivity index (χ3n) is 5.60. The molecule has 1 aromatic heterocycles. The van der Waals surface area contributed by atoms with E-state index in [0.29, 0.717) is 36.5 Å². The lowest BCUT2D eigenvalue weighted by Gasteiger charge is -2.09. The lowest BCUT2D eigenvalue weighted by molar-refractivity contribution is -0.135. The highest BCUT2D eigenvalue weighted by Crippen LogP contribution is 2.41. The molecular formula is C29H34O6S. The summed E-state index contributed by atoms with van der Waals surface area (Å²) < 4.78 is 17.5. The van der Waals surface area contributed by atoms with Gasteiger partial charge in [0.2, 0.25) is 0 Å². The summed E-state index contributed by atoms with van der Waals surface area (Å²) in [6.45, 7) is 6.07. The van der Waals surface area contributed by atoms with Crippen molar-refractivity contribution in [1.82, 2.24) is 0 Å². The second-order valence-corrected chi connectivity index (χ2v) is 9.78. The quantitative estimate of drug-likeness (QED) is 0.172. The molecule has 0 N–H and O–H groups in total. The summed E-state index contributed by atoms with van der Waals surface area (Å²) in [5.74, 6) is 0.408. The predicted molar refractivity (Wildman–Crippen MR) is 143 cm³/mol. The van der Waals surface area contributed by atoms with Crippen LogP contribution in [0.5, 0.6) is 17.2 Å². The molecule has 6 nitrogen and oxygen atoms in total. The van der Waals surface area contributed by atoms with Gasteiger partial charge in [-0.3, -0.25) is 14.4 Å². The van der Waals surface area contributed by atoms with Crippen LogP contribution in [0.2, 0.25) is 0 Å². The number of thiophene rings is 1. The van der Waals surface area contributed by atoms with Crippen molar-refractivity contribution in [3.63, 3.8) is 0 Å². The van der Waals surface area contributed by atoms with Crippen molar-refractivity contribution < 1.29 is 28.6 Å². The fourth-order valence-corrected chi connectivity index (χ4v) is 4.67. The van der Waals surface area contributed by atoms with Crippen LogP contribution in [0.4, 0.5) is 0 Å². The lowest BCUT2D eigenvalue weighted by atomic mass is 10.1. The van der Waals surface area contributed by atoms with Gasteiger partial charge in [0.1, 0.15) is 17.2 Å². The molecule has 0 aliphatic rings. The molecule has 0 amide bonds. The summed E-state index contributed by atoms with van der Waals surface area (Å²) >= 11 is 1.51. The lowest BCUT2D eigenvalue weighted by Crippen LogP contribution is -2.09. The molecule has 0 aliphatic heterocycles. The van der Waals surface area contributed by atoms with Crippen molar-refractivity contribution in [2.24, 2.45) is 0 Å². The first-order valence-electron chi connectivity index (χ1n) is 12.7. The summed E-state index contributed by atoms with van der Waals surface area (Å²) in [6.07, 6.45) is 6.12. The molecule has 1 heterocycles. The maximum absolute atomic E-state index is 12.4. The molecule has 192 valence electrons. The molecule has 7 heteroatoms. The van der Waals surface area contributed by atoms with Crippen molar-refractivity contribution in [3.05, 3.63) is 42.5 Å². The molecule has 0 saturated heterocycles. The van der Waals surface area contributed by atoms with Gasteiger partial charge in [-0.25, -0.2) is 0 Å². The van der Waals surface area contributed by atoms with Crippen LogP contribution in [0.15, 0.2) is 42.5 Å². The van der Waals surface area contributed by atoms with E-state index in [1.165, 1.54) is 11.3 Å². The van der Waals surface area contributed by atoms with E-state index < -0.39 is 0 Å². The number of unbranched alkanes of at least 4 members (excludes halogenated alkanes) is 3.